The molecule has 0 radical (unpaired) electrons. The zero-order valence-electron chi connectivity index (χ0n) is 13.4. The van der Waals surface area contributed by atoms with E-state index in [1.807, 2.05) is 0 Å². The Morgan fingerprint density at radius 1 is 1.24 bits per heavy atom. The number of rotatable bonds is 10. The highest BCUT2D eigenvalue weighted by molar-refractivity contribution is 5.27. The van der Waals surface area contributed by atoms with Gasteiger partial charge in [-0.2, -0.15) is 0 Å². The maximum absolute atomic E-state index is 9.05. The van der Waals surface area contributed by atoms with Crippen LogP contribution in [0.5, 0.6) is 5.75 Å². The highest BCUT2D eigenvalue weighted by Gasteiger charge is 2.41. The van der Waals surface area contributed by atoms with Crippen molar-refractivity contribution in [3.05, 3.63) is 29.8 Å². The van der Waals surface area contributed by atoms with Crippen LogP contribution in [0.15, 0.2) is 24.3 Å². The van der Waals surface area contributed by atoms with Gasteiger partial charge in [0.25, 0.3) is 0 Å². The highest BCUT2D eigenvalue weighted by atomic mass is 16.5. The lowest BCUT2D eigenvalue weighted by atomic mass is 10.0. The Morgan fingerprint density at radius 2 is 1.95 bits per heavy atom. The highest BCUT2D eigenvalue weighted by Crippen LogP contribution is 2.47. The smallest absolute Gasteiger partial charge is 0.119 e. The van der Waals surface area contributed by atoms with Crippen molar-refractivity contribution < 1.29 is 9.84 Å². The van der Waals surface area contributed by atoms with E-state index in [0.717, 1.165) is 38.3 Å². The van der Waals surface area contributed by atoms with Gasteiger partial charge in [0, 0.05) is 19.7 Å². The molecule has 0 aromatic heterocycles. The van der Waals surface area contributed by atoms with Crippen molar-refractivity contribution in [3.63, 3.8) is 0 Å². The van der Waals surface area contributed by atoms with Crippen molar-refractivity contribution in [1.29, 1.82) is 0 Å². The van der Waals surface area contributed by atoms with Gasteiger partial charge in [-0.3, -0.25) is 0 Å². The fourth-order valence-electron chi connectivity index (χ4n) is 2.52. The summed E-state index contributed by atoms with van der Waals surface area (Å²) < 4.78 is 5.72. The summed E-state index contributed by atoms with van der Waals surface area (Å²) in [6, 6.07) is 8.36. The largest absolute Gasteiger partial charge is 0.494 e. The summed E-state index contributed by atoms with van der Waals surface area (Å²) in [5, 5.41) is 12.6. The number of nitrogens with one attached hydrogen (secondary N) is 1. The molecule has 2 N–H and O–H groups in total. The van der Waals surface area contributed by atoms with Gasteiger partial charge in [-0.1, -0.05) is 26.0 Å². The molecule has 0 saturated heterocycles. The summed E-state index contributed by atoms with van der Waals surface area (Å²) in [6.45, 7) is 7.42. The minimum absolute atomic E-state index is 0.310. The molecule has 1 aromatic rings. The van der Waals surface area contributed by atoms with Crippen LogP contribution < -0.4 is 10.1 Å². The first-order valence-electron chi connectivity index (χ1n) is 8.17. The van der Waals surface area contributed by atoms with Crippen molar-refractivity contribution in [2.75, 3.05) is 19.8 Å². The molecule has 0 spiro atoms. The standard InChI is InChI=1S/C18H29NO2/c1-15(2)7-12-21-17-5-3-16(4-6-17)13-19-14-18(8-9-18)10-11-20/h3-6,15,19-20H,7-14H2,1-2H3. The number of benzene rings is 1. The van der Waals surface area contributed by atoms with Crippen LogP contribution >= 0.6 is 0 Å². The number of aliphatic hydroxyl groups excluding tert-OH is 1. The molecule has 118 valence electrons. The third-order valence-corrected chi connectivity index (χ3v) is 4.32. The molecular weight excluding hydrogens is 262 g/mol. The van der Waals surface area contributed by atoms with Crippen LogP contribution in [0.25, 0.3) is 0 Å². The monoisotopic (exact) mass is 291 g/mol. The summed E-state index contributed by atoms with van der Waals surface area (Å²) >= 11 is 0. The fourth-order valence-corrected chi connectivity index (χ4v) is 2.52. The van der Waals surface area contributed by atoms with E-state index in [9.17, 15) is 0 Å². The van der Waals surface area contributed by atoms with Crippen molar-refractivity contribution >= 4 is 0 Å². The molecule has 1 aliphatic rings. The van der Waals surface area contributed by atoms with E-state index in [2.05, 4.69) is 43.4 Å². The molecule has 0 atom stereocenters. The first kappa shape index (κ1) is 16.3. The van der Waals surface area contributed by atoms with Crippen LogP contribution in [0.3, 0.4) is 0 Å². The van der Waals surface area contributed by atoms with Gasteiger partial charge < -0.3 is 15.2 Å². The van der Waals surface area contributed by atoms with Crippen LogP contribution in [-0.4, -0.2) is 24.9 Å². The van der Waals surface area contributed by atoms with E-state index in [1.54, 1.807) is 0 Å². The number of aliphatic hydroxyl groups is 1. The minimum Gasteiger partial charge on any atom is -0.494 e. The van der Waals surface area contributed by atoms with Crippen molar-refractivity contribution in [3.8, 4) is 5.75 Å². The summed E-state index contributed by atoms with van der Waals surface area (Å²) in [6.07, 6.45) is 4.53. The summed E-state index contributed by atoms with van der Waals surface area (Å²) in [5.41, 5.74) is 1.67. The molecule has 1 aliphatic carbocycles. The Bertz CT molecular complexity index is 410. The lowest BCUT2D eigenvalue weighted by Gasteiger charge is -2.14. The Hall–Kier alpha value is -1.06. The Morgan fingerprint density at radius 3 is 2.52 bits per heavy atom. The molecule has 0 aliphatic heterocycles. The molecule has 2 rings (SSSR count). The van der Waals surface area contributed by atoms with Gasteiger partial charge in [0.15, 0.2) is 0 Å². The molecule has 0 unspecified atom stereocenters. The lowest BCUT2D eigenvalue weighted by molar-refractivity contribution is 0.245. The number of hydrogen-bond acceptors (Lipinski definition) is 3. The molecule has 1 saturated carbocycles. The maximum atomic E-state index is 9.05. The molecule has 21 heavy (non-hydrogen) atoms. The second-order valence-corrected chi connectivity index (χ2v) is 6.75. The maximum Gasteiger partial charge on any atom is 0.119 e. The SMILES string of the molecule is CC(C)CCOc1ccc(CNCC2(CCO)CC2)cc1. The van der Waals surface area contributed by atoms with E-state index in [1.165, 1.54) is 18.4 Å². The average molecular weight is 291 g/mol. The minimum atomic E-state index is 0.310. The molecule has 3 heteroatoms. The van der Waals surface area contributed by atoms with Crippen LogP contribution in [0, 0.1) is 11.3 Å². The van der Waals surface area contributed by atoms with Gasteiger partial charge in [0.05, 0.1) is 6.61 Å². The van der Waals surface area contributed by atoms with Gasteiger partial charge in [-0.15, -0.1) is 0 Å². The van der Waals surface area contributed by atoms with Gasteiger partial charge in [-0.25, -0.2) is 0 Å². The van der Waals surface area contributed by atoms with E-state index >= 15 is 0 Å². The van der Waals surface area contributed by atoms with Crippen LogP contribution in [0.1, 0.15) is 45.1 Å². The number of hydrogen-bond donors (Lipinski definition) is 2. The third-order valence-electron chi connectivity index (χ3n) is 4.32. The summed E-state index contributed by atoms with van der Waals surface area (Å²) in [7, 11) is 0. The molecule has 3 nitrogen and oxygen atoms in total. The van der Waals surface area contributed by atoms with E-state index in [-0.39, 0.29) is 0 Å². The van der Waals surface area contributed by atoms with Crippen molar-refractivity contribution in [2.24, 2.45) is 11.3 Å². The summed E-state index contributed by atoms with van der Waals surface area (Å²) in [4.78, 5) is 0. The normalized spacial score (nSPS) is 16.2. The first-order valence-corrected chi connectivity index (χ1v) is 8.17. The summed E-state index contributed by atoms with van der Waals surface area (Å²) in [5.74, 6) is 1.64. The zero-order chi connectivity index (χ0) is 15.1. The van der Waals surface area contributed by atoms with Crippen LogP contribution in [0.2, 0.25) is 0 Å². The zero-order valence-corrected chi connectivity index (χ0v) is 13.4. The molecule has 1 aromatic carbocycles. The Kier molecular flexibility index (Phi) is 6.07. The Labute approximate surface area is 128 Å². The first-order chi connectivity index (χ1) is 10.1. The topological polar surface area (TPSA) is 41.5 Å². The van der Waals surface area contributed by atoms with E-state index in [4.69, 9.17) is 9.84 Å². The van der Waals surface area contributed by atoms with Crippen molar-refractivity contribution in [1.82, 2.24) is 5.32 Å². The quantitative estimate of drug-likeness (QED) is 0.694. The molecular formula is C18H29NO2. The second kappa shape index (κ2) is 7.81. The fraction of sp³-hybridized carbons (Fsp3) is 0.667. The molecule has 0 amide bonds. The van der Waals surface area contributed by atoms with Crippen LogP contribution in [0.4, 0.5) is 0 Å². The molecule has 0 bridgehead atoms. The van der Waals surface area contributed by atoms with Gasteiger partial charge in [-0.05, 0) is 54.7 Å². The molecule has 0 heterocycles. The number of ether oxygens (including phenoxy) is 1. The lowest BCUT2D eigenvalue weighted by Crippen LogP contribution is -2.24. The van der Waals surface area contributed by atoms with Gasteiger partial charge >= 0.3 is 0 Å². The second-order valence-electron chi connectivity index (χ2n) is 6.75. The van der Waals surface area contributed by atoms with E-state index < -0.39 is 0 Å². The molecule has 1 fully saturated rings. The van der Waals surface area contributed by atoms with Crippen molar-refractivity contribution in [2.45, 2.75) is 46.1 Å². The predicted octanol–water partition coefficient (Wildman–Crippen LogP) is 3.36. The van der Waals surface area contributed by atoms with Gasteiger partial charge in [0.2, 0.25) is 0 Å². The average Bonchev–Trinajstić information content (AvgIpc) is 3.21. The third kappa shape index (κ3) is 5.68. The van der Waals surface area contributed by atoms with Crippen LogP contribution in [-0.2, 0) is 6.54 Å². The van der Waals surface area contributed by atoms with Gasteiger partial charge in [0.1, 0.15) is 5.75 Å². The Balaban J connectivity index is 1.67. The van der Waals surface area contributed by atoms with E-state index in [0.29, 0.717) is 17.9 Å². The predicted molar refractivity (Wildman–Crippen MR) is 86.5 cm³/mol.